The van der Waals surface area contributed by atoms with E-state index in [2.05, 4.69) is 9.47 Å². The molecule has 1 N–H and O–H groups in total. The number of rotatable bonds is 7. The van der Waals surface area contributed by atoms with Crippen LogP contribution in [0.5, 0.6) is 0 Å². The molecule has 1 aliphatic heterocycles. The average Bonchev–Trinajstić information content (AvgIpc) is 2.97. The number of halogens is 3. The topological polar surface area (TPSA) is 102 Å². The quantitative estimate of drug-likeness (QED) is 0.393. The molecule has 0 spiro atoms. The molecule has 1 fully saturated rings. The second-order valence-electron chi connectivity index (χ2n) is 3.74. The minimum Gasteiger partial charge on any atom is -0.450 e. The lowest BCUT2D eigenvalue weighted by molar-refractivity contribution is -0.217. The van der Waals surface area contributed by atoms with Crippen molar-refractivity contribution in [3.05, 3.63) is 0 Å². The van der Waals surface area contributed by atoms with Crippen LogP contribution in [0.2, 0.25) is 0 Å². The highest BCUT2D eigenvalue weighted by Gasteiger charge is 2.45. The van der Waals surface area contributed by atoms with Crippen LogP contribution in [-0.2, 0) is 29.1 Å². The van der Waals surface area contributed by atoms with Gasteiger partial charge in [-0.15, -0.1) is 0 Å². The second kappa shape index (κ2) is 6.03. The van der Waals surface area contributed by atoms with E-state index in [9.17, 15) is 26.4 Å². The molecular formula is C8H11F3O7S. The Morgan fingerprint density at radius 1 is 1.47 bits per heavy atom. The first-order valence-corrected chi connectivity index (χ1v) is 6.59. The minimum atomic E-state index is -5.11. The summed E-state index contributed by atoms with van der Waals surface area (Å²) in [5.74, 6) is -3.14. The van der Waals surface area contributed by atoms with Gasteiger partial charge in [-0.2, -0.15) is 21.6 Å². The van der Waals surface area contributed by atoms with E-state index >= 15 is 0 Å². The van der Waals surface area contributed by atoms with E-state index in [1.807, 2.05) is 0 Å². The summed E-state index contributed by atoms with van der Waals surface area (Å²) in [4.78, 5) is 11.0. The zero-order valence-corrected chi connectivity index (χ0v) is 10.2. The van der Waals surface area contributed by atoms with Gasteiger partial charge in [0.15, 0.2) is 0 Å². The van der Waals surface area contributed by atoms with Crippen LogP contribution in [0.1, 0.15) is 0 Å². The molecule has 0 aromatic heterocycles. The Morgan fingerprint density at radius 3 is 2.47 bits per heavy atom. The van der Waals surface area contributed by atoms with Gasteiger partial charge in [-0.1, -0.05) is 0 Å². The summed E-state index contributed by atoms with van der Waals surface area (Å²) in [6, 6.07) is 0. The van der Waals surface area contributed by atoms with Crippen LogP contribution in [0.15, 0.2) is 0 Å². The van der Waals surface area contributed by atoms with Crippen LogP contribution >= 0.6 is 0 Å². The minimum absolute atomic E-state index is 0.0318. The van der Waals surface area contributed by atoms with Crippen molar-refractivity contribution in [3.63, 3.8) is 0 Å². The van der Waals surface area contributed by atoms with Crippen molar-refractivity contribution < 1.29 is 45.1 Å². The third-order valence-electron chi connectivity index (χ3n) is 1.93. The third kappa shape index (κ3) is 7.30. The van der Waals surface area contributed by atoms with Crippen molar-refractivity contribution >= 4 is 16.1 Å². The van der Waals surface area contributed by atoms with Crippen LogP contribution in [0, 0.1) is 0 Å². The van der Waals surface area contributed by atoms with Crippen molar-refractivity contribution in [3.8, 4) is 0 Å². The zero-order chi connectivity index (χ0) is 14.7. The lowest BCUT2D eigenvalue weighted by atomic mass is 10.4. The van der Waals surface area contributed by atoms with Crippen LogP contribution in [0.25, 0.3) is 0 Å². The summed E-state index contributed by atoms with van der Waals surface area (Å²) in [7, 11) is -4.93. The Labute approximate surface area is 106 Å². The van der Waals surface area contributed by atoms with Gasteiger partial charge in [0.2, 0.25) is 6.10 Å². The van der Waals surface area contributed by atoms with Gasteiger partial charge in [-0.3, -0.25) is 4.55 Å². The van der Waals surface area contributed by atoms with Crippen molar-refractivity contribution in [1.29, 1.82) is 0 Å². The fraction of sp³-hybridized carbons (Fsp3) is 0.875. The molecule has 19 heavy (non-hydrogen) atoms. The van der Waals surface area contributed by atoms with Crippen molar-refractivity contribution in [2.24, 2.45) is 0 Å². The Hall–Kier alpha value is -0.910. The molecule has 0 bridgehead atoms. The number of carbonyl (C=O) groups excluding carboxylic acids is 1. The number of alkyl halides is 3. The molecule has 7 nitrogen and oxygen atoms in total. The van der Waals surface area contributed by atoms with Gasteiger partial charge in [-0.05, 0) is 0 Å². The molecule has 0 amide bonds. The number of epoxide rings is 1. The maximum absolute atomic E-state index is 12.4. The summed E-state index contributed by atoms with van der Waals surface area (Å²) in [5, 5.41) is 0. The molecule has 1 rings (SSSR count). The van der Waals surface area contributed by atoms with Crippen molar-refractivity contribution in [2.75, 3.05) is 25.6 Å². The number of ether oxygens (including phenoxy) is 3. The highest BCUT2D eigenvalue weighted by molar-refractivity contribution is 7.85. The fourth-order valence-electron chi connectivity index (χ4n) is 1.02. The molecular weight excluding hydrogens is 297 g/mol. The maximum atomic E-state index is 12.4. The Balaban J connectivity index is 2.43. The molecule has 2 unspecified atom stereocenters. The molecule has 0 aliphatic carbocycles. The molecule has 11 heteroatoms. The van der Waals surface area contributed by atoms with E-state index in [1.54, 1.807) is 0 Å². The van der Waals surface area contributed by atoms with Gasteiger partial charge in [0.25, 0.3) is 10.1 Å². The average molecular weight is 308 g/mol. The number of hydrogen-bond acceptors (Lipinski definition) is 6. The van der Waals surface area contributed by atoms with E-state index < -0.39 is 40.7 Å². The van der Waals surface area contributed by atoms with E-state index in [1.165, 1.54) is 0 Å². The van der Waals surface area contributed by atoms with Gasteiger partial charge in [0.1, 0.15) is 18.5 Å². The first-order valence-electron chi connectivity index (χ1n) is 4.98. The summed E-state index contributed by atoms with van der Waals surface area (Å²) < 4.78 is 79.6. The zero-order valence-electron chi connectivity index (χ0n) is 9.42. The summed E-state index contributed by atoms with van der Waals surface area (Å²) in [5.41, 5.74) is 0. The third-order valence-corrected chi connectivity index (χ3v) is 2.65. The lowest BCUT2D eigenvalue weighted by Gasteiger charge is -2.19. The maximum Gasteiger partial charge on any atom is 0.426 e. The Bertz CT molecular complexity index is 415. The van der Waals surface area contributed by atoms with E-state index in [4.69, 9.17) is 9.29 Å². The van der Waals surface area contributed by atoms with Crippen molar-refractivity contribution in [1.82, 2.24) is 0 Å². The number of carbonyl (C=O) groups is 1. The van der Waals surface area contributed by atoms with Crippen LogP contribution in [0.4, 0.5) is 13.2 Å². The molecule has 112 valence electrons. The molecule has 1 aliphatic rings. The van der Waals surface area contributed by atoms with E-state index in [0.29, 0.717) is 6.61 Å². The Morgan fingerprint density at radius 2 is 2.05 bits per heavy atom. The van der Waals surface area contributed by atoms with E-state index in [0.717, 1.165) is 0 Å². The predicted molar refractivity (Wildman–Crippen MR) is 52.9 cm³/mol. The van der Waals surface area contributed by atoms with Gasteiger partial charge in [-0.25, -0.2) is 4.79 Å². The standard InChI is InChI=1S/C8H11F3O7S/c9-8(10,11)6(4-19(13,14)15)18-7(12)3-16-1-5-2-17-5/h5-6H,1-4H2,(H,13,14,15). The Kier molecular flexibility index (Phi) is 5.12. The van der Waals surface area contributed by atoms with Crippen LogP contribution in [0.3, 0.4) is 0 Å². The molecule has 1 saturated heterocycles. The summed E-state index contributed by atoms with van der Waals surface area (Å²) in [6.45, 7) is -0.287. The molecule has 0 aromatic carbocycles. The molecule has 0 aromatic rings. The fourth-order valence-corrected chi connectivity index (χ4v) is 1.66. The summed E-state index contributed by atoms with van der Waals surface area (Å²) >= 11 is 0. The van der Waals surface area contributed by atoms with Gasteiger partial charge >= 0.3 is 12.1 Å². The van der Waals surface area contributed by atoms with E-state index in [-0.39, 0.29) is 12.7 Å². The molecule has 0 radical (unpaired) electrons. The van der Waals surface area contributed by atoms with Crippen LogP contribution < -0.4 is 0 Å². The highest BCUT2D eigenvalue weighted by atomic mass is 32.2. The second-order valence-corrected chi connectivity index (χ2v) is 5.24. The lowest BCUT2D eigenvalue weighted by Crippen LogP contribution is -2.40. The summed E-state index contributed by atoms with van der Waals surface area (Å²) in [6.07, 6.45) is -8.22. The predicted octanol–water partition coefficient (Wildman–Crippen LogP) is -0.236. The van der Waals surface area contributed by atoms with Gasteiger partial charge in [0.05, 0.1) is 13.2 Å². The van der Waals surface area contributed by atoms with Gasteiger partial charge in [0, 0.05) is 0 Å². The number of esters is 1. The first-order chi connectivity index (χ1) is 8.58. The molecule has 2 atom stereocenters. The monoisotopic (exact) mass is 308 g/mol. The largest absolute Gasteiger partial charge is 0.450 e. The first kappa shape index (κ1) is 16.1. The highest BCUT2D eigenvalue weighted by Crippen LogP contribution is 2.24. The molecule has 0 saturated carbocycles. The molecule has 1 heterocycles. The van der Waals surface area contributed by atoms with Crippen LogP contribution in [-0.4, -0.2) is 62.9 Å². The normalized spacial score (nSPS) is 20.9. The van der Waals surface area contributed by atoms with Crippen molar-refractivity contribution in [2.45, 2.75) is 18.4 Å². The SMILES string of the molecule is O=C(COCC1CO1)OC(CS(=O)(=O)O)C(F)(F)F. The number of hydrogen-bond donors (Lipinski definition) is 1. The smallest absolute Gasteiger partial charge is 0.426 e. The van der Waals surface area contributed by atoms with Gasteiger partial charge < -0.3 is 14.2 Å².